The van der Waals surface area contributed by atoms with Crippen molar-refractivity contribution in [2.75, 3.05) is 7.11 Å². The molecule has 146 valence electrons. The third-order valence-corrected chi connectivity index (χ3v) is 6.48. The summed E-state index contributed by atoms with van der Waals surface area (Å²) < 4.78 is 4.77. The molecule has 29 heavy (non-hydrogen) atoms. The molecule has 0 aliphatic heterocycles. The van der Waals surface area contributed by atoms with E-state index in [-0.39, 0.29) is 16.4 Å². The SMILES string of the molecule is COC(=O)c1sc2nc(/C(Cl)=C/c3nc(-c4ccccc4)cs3)[nH]c(=O)c2c1C. The molecule has 4 rings (SSSR count). The third-order valence-electron chi connectivity index (χ3n) is 4.24. The highest BCUT2D eigenvalue weighted by molar-refractivity contribution is 7.20. The van der Waals surface area contributed by atoms with Crippen LogP contribution in [0.25, 0.3) is 32.6 Å². The number of carbonyl (C=O) groups excluding carboxylic acids is 1. The molecule has 0 saturated carbocycles. The van der Waals surface area contributed by atoms with E-state index in [9.17, 15) is 9.59 Å². The molecule has 0 bridgehead atoms. The summed E-state index contributed by atoms with van der Waals surface area (Å²) >= 11 is 8.96. The Kier molecular flexibility index (Phi) is 5.31. The molecule has 0 saturated heterocycles. The quantitative estimate of drug-likeness (QED) is 0.451. The normalized spacial score (nSPS) is 11.8. The summed E-state index contributed by atoms with van der Waals surface area (Å²) in [6.45, 7) is 1.69. The van der Waals surface area contributed by atoms with Crippen LogP contribution in [-0.4, -0.2) is 28.0 Å². The number of nitrogens with one attached hydrogen (secondary N) is 1. The number of carbonyl (C=O) groups is 1. The summed E-state index contributed by atoms with van der Waals surface area (Å²) in [6.07, 6.45) is 1.66. The van der Waals surface area contributed by atoms with Crippen molar-refractivity contribution in [3.63, 3.8) is 0 Å². The predicted octanol–water partition coefficient (Wildman–Crippen LogP) is 4.94. The molecule has 3 heterocycles. The fourth-order valence-electron chi connectivity index (χ4n) is 2.82. The number of aromatic nitrogens is 3. The standard InChI is InChI=1S/C20H14ClN3O3S2/c1-10-15-18(25)23-17(24-19(15)29-16(10)20(26)27-2)12(21)8-14-22-13(9-28-14)11-6-4-3-5-7-11/h3-9H,1-2H3,(H,23,24,25)/b12-8-. The van der Waals surface area contributed by atoms with Gasteiger partial charge in [0.25, 0.3) is 5.56 Å². The van der Waals surface area contributed by atoms with E-state index < -0.39 is 5.97 Å². The van der Waals surface area contributed by atoms with Gasteiger partial charge in [-0.25, -0.2) is 14.8 Å². The van der Waals surface area contributed by atoms with E-state index >= 15 is 0 Å². The van der Waals surface area contributed by atoms with E-state index in [2.05, 4.69) is 15.0 Å². The summed E-state index contributed by atoms with van der Waals surface area (Å²) in [5, 5.41) is 3.25. The van der Waals surface area contributed by atoms with Crippen molar-refractivity contribution < 1.29 is 9.53 Å². The molecule has 3 aromatic heterocycles. The Hall–Kier alpha value is -2.81. The van der Waals surface area contributed by atoms with Crippen LogP contribution in [0.3, 0.4) is 0 Å². The second-order valence-corrected chi connectivity index (χ2v) is 8.37. The minimum atomic E-state index is -0.496. The molecule has 1 N–H and O–H groups in total. The summed E-state index contributed by atoms with van der Waals surface area (Å²) in [6, 6.07) is 9.81. The van der Waals surface area contributed by atoms with E-state index in [0.29, 0.717) is 25.7 Å². The smallest absolute Gasteiger partial charge is 0.348 e. The number of aromatic amines is 1. The lowest BCUT2D eigenvalue weighted by Gasteiger charge is -1.99. The van der Waals surface area contributed by atoms with Crippen LogP contribution in [0.2, 0.25) is 0 Å². The van der Waals surface area contributed by atoms with Gasteiger partial charge in [0.05, 0.1) is 23.2 Å². The topological polar surface area (TPSA) is 84.9 Å². The monoisotopic (exact) mass is 443 g/mol. The molecule has 0 fully saturated rings. The van der Waals surface area contributed by atoms with Gasteiger partial charge in [-0.3, -0.25) is 4.79 Å². The molecular formula is C20H14ClN3O3S2. The van der Waals surface area contributed by atoms with Crippen LogP contribution in [0, 0.1) is 6.92 Å². The van der Waals surface area contributed by atoms with E-state index in [1.54, 1.807) is 13.0 Å². The number of methoxy groups -OCH3 is 1. The summed E-state index contributed by atoms with van der Waals surface area (Å²) in [7, 11) is 1.30. The average molecular weight is 444 g/mol. The van der Waals surface area contributed by atoms with Crippen LogP contribution in [0.4, 0.5) is 0 Å². The summed E-state index contributed by atoms with van der Waals surface area (Å²) in [4.78, 5) is 36.9. The molecule has 0 atom stereocenters. The Morgan fingerprint density at radius 1 is 1.24 bits per heavy atom. The highest BCUT2D eigenvalue weighted by Gasteiger charge is 2.20. The first-order valence-electron chi connectivity index (χ1n) is 8.48. The summed E-state index contributed by atoms with van der Waals surface area (Å²) in [5.41, 5.74) is 2.05. The highest BCUT2D eigenvalue weighted by atomic mass is 35.5. The largest absolute Gasteiger partial charge is 0.465 e. The number of fused-ring (bicyclic) bond motifs is 1. The first-order valence-corrected chi connectivity index (χ1v) is 10.6. The van der Waals surface area contributed by atoms with Gasteiger partial charge in [-0.1, -0.05) is 41.9 Å². The zero-order valence-corrected chi connectivity index (χ0v) is 17.7. The Morgan fingerprint density at radius 2 is 2.00 bits per heavy atom. The van der Waals surface area contributed by atoms with Crippen molar-refractivity contribution in [2.24, 2.45) is 0 Å². The maximum atomic E-state index is 12.6. The maximum absolute atomic E-state index is 12.6. The number of benzene rings is 1. The lowest BCUT2D eigenvalue weighted by Crippen LogP contribution is -2.10. The third kappa shape index (κ3) is 3.74. The number of thiazole rings is 1. The summed E-state index contributed by atoms with van der Waals surface area (Å²) in [5.74, 6) is -0.275. The Balaban J connectivity index is 1.72. The second-order valence-electron chi connectivity index (χ2n) is 6.07. The fourth-order valence-corrected chi connectivity index (χ4v) is 4.93. The fraction of sp³-hybridized carbons (Fsp3) is 0.100. The molecule has 9 heteroatoms. The van der Waals surface area contributed by atoms with Crippen LogP contribution >= 0.6 is 34.3 Å². The lowest BCUT2D eigenvalue weighted by molar-refractivity contribution is 0.0605. The first kappa shape index (κ1) is 19.5. The average Bonchev–Trinajstić information content (AvgIpc) is 3.32. The minimum Gasteiger partial charge on any atom is -0.465 e. The predicted molar refractivity (Wildman–Crippen MR) is 118 cm³/mol. The molecular weight excluding hydrogens is 430 g/mol. The van der Waals surface area contributed by atoms with Crippen LogP contribution < -0.4 is 5.56 Å². The van der Waals surface area contributed by atoms with Gasteiger partial charge in [0.2, 0.25) is 0 Å². The molecule has 0 unspecified atom stereocenters. The van der Waals surface area contributed by atoms with Crippen LogP contribution in [0.5, 0.6) is 0 Å². The Morgan fingerprint density at radius 3 is 2.72 bits per heavy atom. The molecule has 0 radical (unpaired) electrons. The van der Waals surface area contributed by atoms with Crippen LogP contribution in [0.1, 0.15) is 26.1 Å². The molecule has 4 aromatic rings. The van der Waals surface area contributed by atoms with Crippen molar-refractivity contribution in [3.05, 3.63) is 67.3 Å². The van der Waals surface area contributed by atoms with E-state index in [1.165, 1.54) is 18.4 Å². The molecule has 1 aromatic carbocycles. The van der Waals surface area contributed by atoms with Crippen LogP contribution in [0.15, 0.2) is 40.5 Å². The minimum absolute atomic E-state index is 0.221. The Labute approximate surface area is 178 Å². The van der Waals surface area contributed by atoms with Gasteiger partial charge >= 0.3 is 5.97 Å². The number of hydrogen-bond acceptors (Lipinski definition) is 7. The van der Waals surface area contributed by atoms with Gasteiger partial charge in [0, 0.05) is 10.9 Å². The zero-order chi connectivity index (χ0) is 20.5. The second kappa shape index (κ2) is 7.90. The number of thiophene rings is 1. The van der Waals surface area contributed by atoms with E-state index in [0.717, 1.165) is 22.6 Å². The number of ether oxygens (including phenoxy) is 1. The van der Waals surface area contributed by atoms with Crippen LogP contribution in [-0.2, 0) is 4.74 Å². The maximum Gasteiger partial charge on any atom is 0.348 e. The van der Waals surface area contributed by atoms with Gasteiger partial charge in [0.15, 0.2) is 5.82 Å². The number of aryl methyl sites for hydroxylation is 1. The number of hydrogen-bond donors (Lipinski definition) is 1. The first-order chi connectivity index (χ1) is 14.0. The van der Waals surface area contributed by atoms with Crippen molar-refractivity contribution in [1.29, 1.82) is 0 Å². The zero-order valence-electron chi connectivity index (χ0n) is 15.4. The number of esters is 1. The Bertz CT molecular complexity index is 1310. The van der Waals surface area contributed by atoms with Crippen molar-refractivity contribution in [3.8, 4) is 11.3 Å². The van der Waals surface area contributed by atoms with E-state index in [4.69, 9.17) is 16.3 Å². The van der Waals surface area contributed by atoms with Crippen molar-refractivity contribution in [2.45, 2.75) is 6.92 Å². The van der Waals surface area contributed by atoms with Gasteiger partial charge in [-0.05, 0) is 18.6 Å². The van der Waals surface area contributed by atoms with E-state index in [1.807, 2.05) is 35.7 Å². The van der Waals surface area contributed by atoms with Gasteiger partial charge < -0.3 is 9.72 Å². The van der Waals surface area contributed by atoms with Gasteiger partial charge in [-0.15, -0.1) is 22.7 Å². The number of rotatable bonds is 4. The number of H-pyrrole nitrogens is 1. The van der Waals surface area contributed by atoms with Crippen molar-refractivity contribution in [1.82, 2.24) is 15.0 Å². The number of nitrogens with zero attached hydrogens (tertiary/aromatic N) is 2. The van der Waals surface area contributed by atoms with Gasteiger partial charge in [-0.2, -0.15) is 0 Å². The number of halogens is 1. The molecule has 0 aliphatic rings. The lowest BCUT2D eigenvalue weighted by atomic mass is 10.2. The van der Waals surface area contributed by atoms with Gasteiger partial charge in [0.1, 0.15) is 14.7 Å². The molecule has 0 spiro atoms. The highest BCUT2D eigenvalue weighted by Crippen LogP contribution is 2.30. The molecule has 0 amide bonds. The molecule has 6 nitrogen and oxygen atoms in total. The van der Waals surface area contributed by atoms with Crippen molar-refractivity contribution >= 4 is 61.6 Å². The molecule has 0 aliphatic carbocycles.